The maximum atomic E-state index is 5.45. The topological polar surface area (TPSA) is 54.2 Å². The summed E-state index contributed by atoms with van der Waals surface area (Å²) in [4.78, 5) is 6.55. The Labute approximate surface area is 126 Å². The predicted octanol–water partition coefficient (Wildman–Crippen LogP) is 2.59. The molecule has 2 aromatic rings. The van der Waals surface area contributed by atoms with Crippen LogP contribution < -0.4 is 5.32 Å². The van der Waals surface area contributed by atoms with Crippen molar-refractivity contribution in [2.45, 2.75) is 32.4 Å². The Kier molecular flexibility index (Phi) is 5.47. The van der Waals surface area contributed by atoms with Gasteiger partial charge in [0, 0.05) is 6.04 Å². The third-order valence-corrected chi connectivity index (χ3v) is 3.41. The standard InChI is InChI=1S/C16H24N4O/c1-5-17-15(13-9-7-6-8-10-13)12(2)16-18-14(19-21-16)11-20(3)4/h6-10,12,15,17H,5,11H2,1-4H3. The largest absolute Gasteiger partial charge is 0.339 e. The van der Waals surface area contributed by atoms with E-state index in [0.717, 1.165) is 12.4 Å². The summed E-state index contributed by atoms with van der Waals surface area (Å²) in [5.41, 5.74) is 1.24. The lowest BCUT2D eigenvalue weighted by molar-refractivity contribution is 0.318. The normalized spacial score (nSPS) is 14.3. The van der Waals surface area contributed by atoms with E-state index in [1.165, 1.54) is 5.56 Å². The molecule has 0 saturated heterocycles. The van der Waals surface area contributed by atoms with Gasteiger partial charge in [0.05, 0.1) is 12.5 Å². The van der Waals surface area contributed by atoms with Crippen LogP contribution in [0.1, 0.15) is 43.1 Å². The highest BCUT2D eigenvalue weighted by Gasteiger charge is 2.25. The monoisotopic (exact) mass is 288 g/mol. The molecule has 1 N–H and O–H groups in total. The third-order valence-electron chi connectivity index (χ3n) is 3.41. The highest BCUT2D eigenvalue weighted by Crippen LogP contribution is 2.29. The summed E-state index contributed by atoms with van der Waals surface area (Å²) in [6.45, 7) is 5.80. The Balaban J connectivity index is 2.18. The van der Waals surface area contributed by atoms with E-state index in [2.05, 4.69) is 53.6 Å². The van der Waals surface area contributed by atoms with Crippen LogP contribution in [-0.4, -0.2) is 35.7 Å². The quantitative estimate of drug-likeness (QED) is 0.848. The van der Waals surface area contributed by atoms with E-state index >= 15 is 0 Å². The minimum absolute atomic E-state index is 0.121. The van der Waals surface area contributed by atoms with Crippen LogP contribution in [0.5, 0.6) is 0 Å². The van der Waals surface area contributed by atoms with E-state index in [-0.39, 0.29) is 12.0 Å². The molecule has 0 aliphatic rings. The highest BCUT2D eigenvalue weighted by atomic mass is 16.5. The first-order valence-corrected chi connectivity index (χ1v) is 7.37. The molecule has 1 aromatic heterocycles. The average Bonchev–Trinajstić information content (AvgIpc) is 2.92. The van der Waals surface area contributed by atoms with Crippen molar-refractivity contribution < 1.29 is 4.52 Å². The predicted molar refractivity (Wildman–Crippen MR) is 83.0 cm³/mol. The van der Waals surface area contributed by atoms with E-state index < -0.39 is 0 Å². The lowest BCUT2D eigenvalue weighted by atomic mass is 9.94. The van der Waals surface area contributed by atoms with Crippen LogP contribution in [0.4, 0.5) is 0 Å². The van der Waals surface area contributed by atoms with Gasteiger partial charge in [-0.3, -0.25) is 0 Å². The van der Waals surface area contributed by atoms with Crippen molar-refractivity contribution in [2.24, 2.45) is 0 Å². The number of benzene rings is 1. The van der Waals surface area contributed by atoms with Crippen molar-refractivity contribution in [1.29, 1.82) is 0 Å². The van der Waals surface area contributed by atoms with Gasteiger partial charge in [-0.15, -0.1) is 0 Å². The van der Waals surface area contributed by atoms with E-state index in [1.807, 2.05) is 25.1 Å². The average molecular weight is 288 g/mol. The fourth-order valence-corrected chi connectivity index (χ4v) is 2.41. The van der Waals surface area contributed by atoms with Crippen molar-refractivity contribution in [3.8, 4) is 0 Å². The Hall–Kier alpha value is -1.72. The van der Waals surface area contributed by atoms with Crippen molar-refractivity contribution in [2.75, 3.05) is 20.6 Å². The molecule has 0 aliphatic carbocycles. The van der Waals surface area contributed by atoms with Crippen LogP contribution >= 0.6 is 0 Å². The van der Waals surface area contributed by atoms with Gasteiger partial charge in [0.25, 0.3) is 0 Å². The van der Waals surface area contributed by atoms with Gasteiger partial charge in [0.2, 0.25) is 5.89 Å². The molecular weight excluding hydrogens is 264 g/mol. The molecule has 2 atom stereocenters. The van der Waals surface area contributed by atoms with Crippen molar-refractivity contribution in [3.63, 3.8) is 0 Å². The molecule has 0 aliphatic heterocycles. The molecule has 114 valence electrons. The zero-order chi connectivity index (χ0) is 15.2. The number of nitrogens with zero attached hydrogens (tertiary/aromatic N) is 3. The lowest BCUT2D eigenvalue weighted by Gasteiger charge is -2.22. The van der Waals surface area contributed by atoms with Crippen LogP contribution in [0, 0.1) is 0 Å². The fourth-order valence-electron chi connectivity index (χ4n) is 2.41. The van der Waals surface area contributed by atoms with Crippen LogP contribution in [0.3, 0.4) is 0 Å². The van der Waals surface area contributed by atoms with E-state index in [0.29, 0.717) is 12.4 Å². The second kappa shape index (κ2) is 7.33. The summed E-state index contributed by atoms with van der Waals surface area (Å²) in [6.07, 6.45) is 0. The molecule has 2 unspecified atom stereocenters. The summed E-state index contributed by atoms with van der Waals surface area (Å²) in [5, 5.41) is 7.57. The molecule has 0 spiro atoms. The maximum Gasteiger partial charge on any atom is 0.231 e. The molecule has 0 amide bonds. The molecule has 2 rings (SSSR count). The van der Waals surface area contributed by atoms with Crippen LogP contribution in [0.2, 0.25) is 0 Å². The Bertz CT molecular complexity index is 538. The first kappa shape index (κ1) is 15.7. The van der Waals surface area contributed by atoms with E-state index in [4.69, 9.17) is 4.52 Å². The van der Waals surface area contributed by atoms with Crippen LogP contribution in [0.15, 0.2) is 34.9 Å². The molecule has 0 saturated carbocycles. The Morgan fingerprint density at radius 3 is 2.57 bits per heavy atom. The van der Waals surface area contributed by atoms with Gasteiger partial charge in [0.15, 0.2) is 5.82 Å². The molecule has 5 heteroatoms. The van der Waals surface area contributed by atoms with Crippen LogP contribution in [0.25, 0.3) is 0 Å². The number of rotatable bonds is 7. The summed E-state index contributed by atoms with van der Waals surface area (Å²) in [6, 6.07) is 10.6. The van der Waals surface area contributed by atoms with Gasteiger partial charge in [-0.05, 0) is 26.2 Å². The number of aromatic nitrogens is 2. The zero-order valence-corrected chi connectivity index (χ0v) is 13.2. The Morgan fingerprint density at radius 2 is 1.95 bits per heavy atom. The van der Waals surface area contributed by atoms with Crippen molar-refractivity contribution >= 4 is 0 Å². The van der Waals surface area contributed by atoms with Gasteiger partial charge in [-0.2, -0.15) is 4.98 Å². The molecule has 0 bridgehead atoms. The highest BCUT2D eigenvalue weighted by molar-refractivity contribution is 5.22. The lowest BCUT2D eigenvalue weighted by Crippen LogP contribution is -2.26. The smallest absolute Gasteiger partial charge is 0.231 e. The van der Waals surface area contributed by atoms with Crippen molar-refractivity contribution in [3.05, 3.63) is 47.6 Å². The van der Waals surface area contributed by atoms with Gasteiger partial charge in [-0.1, -0.05) is 49.3 Å². The first-order chi connectivity index (χ1) is 10.1. The second-order valence-electron chi connectivity index (χ2n) is 5.52. The number of likely N-dealkylation sites (N-methyl/N-ethyl adjacent to an activating group) is 1. The third kappa shape index (κ3) is 4.12. The van der Waals surface area contributed by atoms with Gasteiger partial charge in [0.1, 0.15) is 0 Å². The molecule has 0 fully saturated rings. The van der Waals surface area contributed by atoms with E-state index in [1.54, 1.807) is 0 Å². The second-order valence-corrected chi connectivity index (χ2v) is 5.52. The summed E-state index contributed by atoms with van der Waals surface area (Å²) >= 11 is 0. The summed E-state index contributed by atoms with van der Waals surface area (Å²) in [5.74, 6) is 1.53. The fraction of sp³-hybridized carbons (Fsp3) is 0.500. The van der Waals surface area contributed by atoms with Crippen LogP contribution in [-0.2, 0) is 6.54 Å². The molecule has 1 heterocycles. The number of nitrogens with one attached hydrogen (secondary N) is 1. The molecule has 5 nitrogen and oxygen atoms in total. The molecule has 0 radical (unpaired) electrons. The minimum Gasteiger partial charge on any atom is -0.339 e. The van der Waals surface area contributed by atoms with Gasteiger partial charge >= 0.3 is 0 Å². The molecule has 1 aromatic carbocycles. The number of hydrogen-bond acceptors (Lipinski definition) is 5. The Morgan fingerprint density at radius 1 is 1.24 bits per heavy atom. The first-order valence-electron chi connectivity index (χ1n) is 7.37. The summed E-state index contributed by atoms with van der Waals surface area (Å²) in [7, 11) is 3.98. The maximum absolute atomic E-state index is 5.45. The SMILES string of the molecule is CCNC(c1ccccc1)C(C)c1nc(CN(C)C)no1. The number of hydrogen-bond donors (Lipinski definition) is 1. The van der Waals surface area contributed by atoms with Gasteiger partial charge in [-0.25, -0.2) is 0 Å². The van der Waals surface area contributed by atoms with E-state index in [9.17, 15) is 0 Å². The minimum atomic E-state index is 0.121. The molecule has 21 heavy (non-hydrogen) atoms. The summed E-state index contributed by atoms with van der Waals surface area (Å²) < 4.78 is 5.45. The van der Waals surface area contributed by atoms with Crippen molar-refractivity contribution in [1.82, 2.24) is 20.4 Å². The molecular formula is C16H24N4O. The van der Waals surface area contributed by atoms with Gasteiger partial charge < -0.3 is 14.7 Å². The zero-order valence-electron chi connectivity index (χ0n) is 13.2.